The maximum atomic E-state index is 13.2. The van der Waals surface area contributed by atoms with Crippen LogP contribution < -0.4 is 20.3 Å². The Hall–Kier alpha value is -3.49. The number of rotatable bonds is 7. The molecular weight excluding hydrogens is 435 g/mol. The van der Waals surface area contributed by atoms with Crippen molar-refractivity contribution in [3.05, 3.63) is 59.7 Å². The van der Waals surface area contributed by atoms with Crippen molar-refractivity contribution in [3.8, 4) is 5.75 Å². The lowest BCUT2D eigenvalue weighted by atomic mass is 10.1. The van der Waals surface area contributed by atoms with Crippen LogP contribution in [0, 0.1) is 0 Å². The number of carbonyl (C=O) groups is 2. The van der Waals surface area contributed by atoms with E-state index >= 15 is 0 Å². The highest BCUT2D eigenvalue weighted by atomic mass is 19.4. The summed E-state index contributed by atoms with van der Waals surface area (Å²) in [6.45, 7) is 2.88. The molecule has 1 fully saturated rings. The third-order valence-corrected chi connectivity index (χ3v) is 5.32. The predicted molar refractivity (Wildman–Crippen MR) is 121 cm³/mol. The second-order valence-electron chi connectivity index (χ2n) is 7.75. The standard InChI is InChI=1S/C24H26F3N3O3/c1-16(28-22(31)12-7-17-5-9-19(33-2)10-6-17)23(32)29-20-15-18(24(25,26)27)8-11-21(20)30-13-3-4-14-30/h5-12,15-16H,3-4,13-14H2,1-2H3,(H,28,31)(H,29,32). The van der Waals surface area contributed by atoms with Gasteiger partial charge >= 0.3 is 6.18 Å². The van der Waals surface area contributed by atoms with E-state index in [2.05, 4.69) is 10.6 Å². The molecule has 1 heterocycles. The van der Waals surface area contributed by atoms with Gasteiger partial charge in [0, 0.05) is 19.2 Å². The second kappa shape index (κ2) is 10.4. The van der Waals surface area contributed by atoms with E-state index in [9.17, 15) is 22.8 Å². The fourth-order valence-electron chi connectivity index (χ4n) is 3.50. The first kappa shape index (κ1) is 24.2. The van der Waals surface area contributed by atoms with Gasteiger partial charge in [-0.3, -0.25) is 9.59 Å². The molecule has 1 saturated heterocycles. The molecule has 0 aromatic heterocycles. The number of nitrogens with zero attached hydrogens (tertiary/aromatic N) is 1. The quantitative estimate of drug-likeness (QED) is 0.597. The van der Waals surface area contributed by atoms with Gasteiger partial charge in [0.1, 0.15) is 11.8 Å². The van der Waals surface area contributed by atoms with Crippen molar-refractivity contribution in [1.82, 2.24) is 5.32 Å². The van der Waals surface area contributed by atoms with Gasteiger partial charge in [-0.25, -0.2) is 0 Å². The molecule has 9 heteroatoms. The van der Waals surface area contributed by atoms with E-state index in [-0.39, 0.29) is 5.69 Å². The number of carbonyl (C=O) groups excluding carboxylic acids is 2. The molecular formula is C24H26F3N3O3. The summed E-state index contributed by atoms with van der Waals surface area (Å²) in [6.07, 6.45) is 0.196. The molecule has 3 rings (SSSR count). The molecule has 2 aromatic rings. The molecule has 0 spiro atoms. The molecule has 2 amide bonds. The first-order valence-electron chi connectivity index (χ1n) is 10.6. The highest BCUT2D eigenvalue weighted by Gasteiger charge is 2.32. The molecule has 1 unspecified atom stereocenters. The molecule has 1 atom stereocenters. The zero-order valence-corrected chi connectivity index (χ0v) is 18.4. The molecule has 2 N–H and O–H groups in total. The van der Waals surface area contributed by atoms with Crippen molar-refractivity contribution in [3.63, 3.8) is 0 Å². The number of benzene rings is 2. The number of hydrogen-bond donors (Lipinski definition) is 2. The van der Waals surface area contributed by atoms with Crippen molar-refractivity contribution in [1.29, 1.82) is 0 Å². The Kier molecular flexibility index (Phi) is 7.63. The second-order valence-corrected chi connectivity index (χ2v) is 7.75. The Morgan fingerprint density at radius 1 is 1.09 bits per heavy atom. The molecule has 33 heavy (non-hydrogen) atoms. The Labute approximate surface area is 190 Å². The Balaban J connectivity index is 1.67. The number of anilines is 2. The smallest absolute Gasteiger partial charge is 0.416 e. The number of alkyl halides is 3. The summed E-state index contributed by atoms with van der Waals surface area (Å²) in [4.78, 5) is 26.8. The van der Waals surface area contributed by atoms with Gasteiger partial charge < -0.3 is 20.3 Å². The third-order valence-electron chi connectivity index (χ3n) is 5.32. The monoisotopic (exact) mass is 461 g/mol. The van der Waals surface area contributed by atoms with Crippen LogP contribution in [0.2, 0.25) is 0 Å². The average Bonchev–Trinajstić information content (AvgIpc) is 3.32. The number of hydrogen-bond acceptors (Lipinski definition) is 4. The summed E-state index contributed by atoms with van der Waals surface area (Å²) in [5.74, 6) is -0.428. The van der Waals surface area contributed by atoms with E-state index in [1.54, 1.807) is 37.5 Å². The number of nitrogens with one attached hydrogen (secondary N) is 2. The fraction of sp³-hybridized carbons (Fsp3) is 0.333. The minimum Gasteiger partial charge on any atom is -0.497 e. The van der Waals surface area contributed by atoms with Crippen LogP contribution in [0.4, 0.5) is 24.5 Å². The molecule has 0 bridgehead atoms. The van der Waals surface area contributed by atoms with Gasteiger partial charge in [-0.15, -0.1) is 0 Å². The molecule has 2 aromatic carbocycles. The topological polar surface area (TPSA) is 70.7 Å². The van der Waals surface area contributed by atoms with Crippen LogP contribution in [0.1, 0.15) is 30.9 Å². The van der Waals surface area contributed by atoms with Crippen molar-refractivity contribution in [2.24, 2.45) is 0 Å². The van der Waals surface area contributed by atoms with E-state index in [1.165, 1.54) is 19.1 Å². The Morgan fingerprint density at radius 2 is 1.76 bits per heavy atom. The normalized spacial score (nSPS) is 14.9. The van der Waals surface area contributed by atoms with Crippen LogP contribution in [-0.4, -0.2) is 38.1 Å². The molecule has 176 valence electrons. The third kappa shape index (κ3) is 6.50. The molecule has 0 aliphatic carbocycles. The van der Waals surface area contributed by atoms with Crippen LogP contribution in [0.25, 0.3) is 6.08 Å². The summed E-state index contributed by atoms with van der Waals surface area (Å²) in [7, 11) is 1.55. The number of methoxy groups -OCH3 is 1. The summed E-state index contributed by atoms with van der Waals surface area (Å²) in [5, 5.41) is 5.09. The van der Waals surface area contributed by atoms with Gasteiger partial charge in [0.25, 0.3) is 0 Å². The minimum atomic E-state index is -4.53. The first-order chi connectivity index (χ1) is 15.7. The summed E-state index contributed by atoms with van der Waals surface area (Å²) in [6, 6.07) is 9.41. The van der Waals surface area contributed by atoms with E-state index < -0.39 is 29.6 Å². The van der Waals surface area contributed by atoms with Gasteiger partial charge in [0.2, 0.25) is 11.8 Å². The Bertz CT molecular complexity index is 1010. The first-order valence-corrected chi connectivity index (χ1v) is 10.6. The SMILES string of the molecule is COc1ccc(C=CC(=O)NC(C)C(=O)Nc2cc(C(F)(F)F)ccc2N2CCCC2)cc1. The summed E-state index contributed by atoms with van der Waals surface area (Å²) < 4.78 is 44.7. The Morgan fingerprint density at radius 3 is 2.36 bits per heavy atom. The van der Waals surface area contributed by atoms with Crippen molar-refractivity contribution >= 4 is 29.3 Å². The molecule has 6 nitrogen and oxygen atoms in total. The van der Waals surface area contributed by atoms with E-state index in [4.69, 9.17) is 4.74 Å². The van der Waals surface area contributed by atoms with Gasteiger partial charge in [0.15, 0.2) is 0 Å². The van der Waals surface area contributed by atoms with Crippen LogP contribution >= 0.6 is 0 Å². The maximum absolute atomic E-state index is 13.2. The lowest BCUT2D eigenvalue weighted by molar-refractivity contribution is -0.137. The lowest BCUT2D eigenvalue weighted by Crippen LogP contribution is -2.41. The van der Waals surface area contributed by atoms with Crippen LogP contribution in [0.3, 0.4) is 0 Å². The zero-order chi connectivity index (χ0) is 24.0. The summed E-state index contributed by atoms with van der Waals surface area (Å²) >= 11 is 0. The van der Waals surface area contributed by atoms with Crippen molar-refractivity contribution in [2.45, 2.75) is 32.0 Å². The van der Waals surface area contributed by atoms with Gasteiger partial charge in [-0.05, 0) is 61.7 Å². The van der Waals surface area contributed by atoms with Gasteiger partial charge in [0.05, 0.1) is 24.0 Å². The van der Waals surface area contributed by atoms with Crippen LogP contribution in [0.15, 0.2) is 48.5 Å². The van der Waals surface area contributed by atoms with Crippen molar-refractivity contribution in [2.75, 3.05) is 30.4 Å². The number of ether oxygens (including phenoxy) is 1. The zero-order valence-electron chi connectivity index (χ0n) is 18.4. The van der Waals surface area contributed by atoms with Gasteiger partial charge in [-0.2, -0.15) is 13.2 Å². The lowest BCUT2D eigenvalue weighted by Gasteiger charge is -2.23. The van der Waals surface area contributed by atoms with E-state index in [0.29, 0.717) is 24.5 Å². The highest BCUT2D eigenvalue weighted by molar-refractivity contribution is 6.01. The predicted octanol–water partition coefficient (Wildman–Crippen LogP) is 4.47. The van der Waals surface area contributed by atoms with Crippen LogP contribution in [-0.2, 0) is 15.8 Å². The van der Waals surface area contributed by atoms with E-state index in [0.717, 1.165) is 30.5 Å². The average molecular weight is 461 g/mol. The highest BCUT2D eigenvalue weighted by Crippen LogP contribution is 2.36. The fourth-order valence-corrected chi connectivity index (χ4v) is 3.50. The molecule has 0 radical (unpaired) electrons. The number of amides is 2. The number of halogens is 3. The largest absolute Gasteiger partial charge is 0.497 e. The maximum Gasteiger partial charge on any atom is 0.416 e. The molecule has 0 saturated carbocycles. The summed E-state index contributed by atoms with van der Waals surface area (Å²) in [5.41, 5.74) is 0.528. The van der Waals surface area contributed by atoms with E-state index in [1.807, 2.05) is 4.90 Å². The van der Waals surface area contributed by atoms with Gasteiger partial charge in [-0.1, -0.05) is 12.1 Å². The van der Waals surface area contributed by atoms with Crippen LogP contribution in [0.5, 0.6) is 5.75 Å². The minimum absolute atomic E-state index is 0.0756. The van der Waals surface area contributed by atoms with Crippen molar-refractivity contribution < 1.29 is 27.5 Å². The molecule has 1 aliphatic heterocycles. The molecule has 1 aliphatic rings.